The van der Waals surface area contributed by atoms with Gasteiger partial charge in [-0.05, 0) is 116 Å². The van der Waals surface area contributed by atoms with E-state index < -0.39 is 198 Å². The second-order valence-corrected chi connectivity index (χ2v) is 28.1. The summed E-state index contributed by atoms with van der Waals surface area (Å²) in [5, 5.41) is 49.3. The van der Waals surface area contributed by atoms with Gasteiger partial charge in [0.1, 0.15) is 29.8 Å². The van der Waals surface area contributed by atoms with Crippen molar-refractivity contribution in [3.05, 3.63) is 58.4 Å². The largest absolute Gasteiger partial charge is 0.511 e. The molecule has 24 nitrogen and oxygen atoms in total. The summed E-state index contributed by atoms with van der Waals surface area (Å²) >= 11 is 0. The van der Waals surface area contributed by atoms with E-state index >= 15 is 4.79 Å². The fourth-order valence-electron chi connectivity index (χ4n) is 16.8. The molecule has 29 atom stereocenters. The Labute approximate surface area is 533 Å². The SMILES string of the molecule is COC(=O)N[C@H]1[C@H](C)O[C@@H](OC2C/C=C(\C)[C@H]3C=C[C@H]4[C@H](O[C@H]5CC(O[C@H]6CC[C@@H](O[C@H]7C[C@H](O)[C@@H](O[C@H]8CC[C@@H](O)[C@@H](C)O8)[C@H](C)O7)[C@H](C)O6)[C@@H](OC(C)=O)[C@H](C)O5)[C@H](C)C[C@H](C)[C@@H]4[C@]3(C)C(O)=C3C(=O)O[C@@]4(CC(C=O)=C[C@H](O)[C@@H]4/C=C\2C)C3=O)C[C@]1(C)N. The third-order valence-electron chi connectivity index (χ3n) is 21.4. The van der Waals surface area contributed by atoms with Crippen LogP contribution in [0.1, 0.15) is 147 Å². The number of aldehydes is 1. The zero-order valence-corrected chi connectivity index (χ0v) is 54.8. The first-order chi connectivity index (χ1) is 43.0. The van der Waals surface area contributed by atoms with Gasteiger partial charge < -0.3 is 93.1 Å². The molecule has 1 spiro atoms. The van der Waals surface area contributed by atoms with Gasteiger partial charge >= 0.3 is 18.0 Å². The second-order valence-electron chi connectivity index (χ2n) is 28.1. The minimum absolute atomic E-state index is 0.0473. The molecule has 2 bridgehead atoms. The number of rotatable bonds is 13. The Hall–Kier alpha value is -4.51. The van der Waals surface area contributed by atoms with Crippen molar-refractivity contribution in [2.75, 3.05) is 7.11 Å². The Morgan fingerprint density at radius 2 is 1.34 bits per heavy atom. The topological polar surface area (TPSA) is 324 Å². The summed E-state index contributed by atoms with van der Waals surface area (Å²) in [6.07, 6.45) is -1.65. The van der Waals surface area contributed by atoms with Gasteiger partial charge in [0.2, 0.25) is 5.78 Å². The summed E-state index contributed by atoms with van der Waals surface area (Å²) in [5.41, 5.74) is 3.19. The number of Topliss-reactive ketones (excluding diaryl/α,β-unsaturated/α-hetero) is 1. The third kappa shape index (κ3) is 14.0. The van der Waals surface area contributed by atoms with Crippen molar-refractivity contribution in [1.82, 2.24) is 5.32 Å². The molecule has 0 aromatic rings. The zero-order valence-electron chi connectivity index (χ0n) is 54.8. The van der Waals surface area contributed by atoms with Crippen molar-refractivity contribution in [3.8, 4) is 0 Å². The van der Waals surface area contributed by atoms with E-state index in [4.69, 9.17) is 67.3 Å². The van der Waals surface area contributed by atoms with Crippen molar-refractivity contribution in [1.29, 1.82) is 0 Å². The van der Waals surface area contributed by atoms with Crippen LogP contribution in [0.2, 0.25) is 0 Å². The van der Waals surface area contributed by atoms with E-state index in [-0.39, 0.29) is 49.5 Å². The van der Waals surface area contributed by atoms with Gasteiger partial charge in [0.25, 0.3) is 0 Å². The molecular weight excluding hydrogens is 1180 g/mol. The first-order valence-corrected chi connectivity index (χ1v) is 32.8. The average molecular weight is 1280 g/mol. The lowest BCUT2D eigenvalue weighted by Gasteiger charge is -2.56. The Kier molecular flexibility index (Phi) is 21.1. The Bertz CT molecular complexity index is 2840. The number of nitrogens with two attached hydrogens (primary N) is 1. The van der Waals surface area contributed by atoms with Gasteiger partial charge in [0, 0.05) is 68.2 Å². The molecule has 0 aromatic carbocycles. The van der Waals surface area contributed by atoms with E-state index in [9.17, 15) is 39.6 Å². The number of ether oxygens (including phenoxy) is 13. The first kappa shape index (κ1) is 69.3. The lowest BCUT2D eigenvalue weighted by Crippen LogP contribution is -2.66. The molecule has 10 aliphatic rings. The number of nitrogens with one attached hydrogen (secondary N) is 1. The molecule has 1 amide bonds. The van der Waals surface area contributed by atoms with Gasteiger partial charge in [-0.1, -0.05) is 50.6 Å². The van der Waals surface area contributed by atoms with Crippen LogP contribution in [0.5, 0.6) is 0 Å². The number of allylic oxidation sites excluding steroid dienone is 3. The number of aliphatic hydroxyl groups is 4. The van der Waals surface area contributed by atoms with Gasteiger partial charge in [0.15, 0.2) is 43.2 Å². The van der Waals surface area contributed by atoms with Crippen LogP contribution in [0.4, 0.5) is 4.79 Å². The zero-order chi connectivity index (χ0) is 65.9. The number of methoxy groups -OCH3 is 1. The lowest BCUT2D eigenvalue weighted by atomic mass is 9.49. The Morgan fingerprint density at radius 3 is 2.00 bits per heavy atom. The molecule has 4 aliphatic carbocycles. The van der Waals surface area contributed by atoms with Crippen molar-refractivity contribution in [2.45, 2.75) is 281 Å². The van der Waals surface area contributed by atoms with Gasteiger partial charge in [0.05, 0.1) is 86.2 Å². The molecule has 2 unspecified atom stereocenters. The third-order valence-corrected chi connectivity index (χ3v) is 21.4. The van der Waals surface area contributed by atoms with E-state index in [2.05, 4.69) is 25.2 Å². The molecule has 508 valence electrons. The lowest BCUT2D eigenvalue weighted by molar-refractivity contribution is -0.331. The average Bonchev–Trinajstić information content (AvgIpc) is 1.66. The van der Waals surface area contributed by atoms with E-state index in [1.807, 2.05) is 39.8 Å². The van der Waals surface area contributed by atoms with Crippen molar-refractivity contribution in [2.24, 2.45) is 46.7 Å². The maximum Gasteiger partial charge on any atom is 0.407 e. The van der Waals surface area contributed by atoms with Gasteiger partial charge in [-0.3, -0.25) is 14.4 Å². The molecule has 6 aliphatic heterocycles. The predicted molar refractivity (Wildman–Crippen MR) is 322 cm³/mol. The number of esters is 2. The highest BCUT2D eigenvalue weighted by molar-refractivity contribution is 6.26. The van der Waals surface area contributed by atoms with Crippen molar-refractivity contribution >= 4 is 30.1 Å². The fourth-order valence-corrected chi connectivity index (χ4v) is 16.8. The summed E-state index contributed by atoms with van der Waals surface area (Å²) in [7, 11) is 1.26. The molecule has 7 fully saturated rings. The molecule has 0 radical (unpaired) electrons. The van der Waals surface area contributed by atoms with E-state index in [1.165, 1.54) is 20.1 Å². The quantitative estimate of drug-likeness (QED) is 0.0402. The highest BCUT2D eigenvalue weighted by Gasteiger charge is 2.65. The van der Waals surface area contributed by atoms with Gasteiger partial charge in [-0.15, -0.1) is 0 Å². The molecule has 6 saturated heterocycles. The van der Waals surface area contributed by atoms with Crippen molar-refractivity contribution < 1.29 is 106 Å². The molecule has 24 heteroatoms. The van der Waals surface area contributed by atoms with E-state index in [0.29, 0.717) is 44.0 Å². The van der Waals surface area contributed by atoms with Gasteiger partial charge in [-0.2, -0.15) is 0 Å². The summed E-state index contributed by atoms with van der Waals surface area (Å²) in [5.74, 6) is -5.95. The normalized spacial score (nSPS) is 48.2. The number of aliphatic hydroxyl groups excluding tert-OH is 4. The van der Waals surface area contributed by atoms with E-state index in [1.54, 1.807) is 40.7 Å². The number of hydrogen-bond donors (Lipinski definition) is 6. The highest BCUT2D eigenvalue weighted by atomic mass is 16.8. The number of carbonyl (C=O) groups excluding carboxylic acids is 5. The molecule has 0 aromatic heterocycles. The smallest absolute Gasteiger partial charge is 0.407 e. The maximum atomic E-state index is 15.6. The van der Waals surface area contributed by atoms with E-state index in [0.717, 1.165) is 5.57 Å². The summed E-state index contributed by atoms with van der Waals surface area (Å²) in [4.78, 5) is 67.9. The Morgan fingerprint density at radius 1 is 0.703 bits per heavy atom. The monoisotopic (exact) mass is 1280 g/mol. The van der Waals surface area contributed by atoms with Crippen LogP contribution in [0.15, 0.2) is 58.4 Å². The van der Waals surface area contributed by atoms with Crippen LogP contribution in [0, 0.1) is 40.9 Å². The van der Waals surface area contributed by atoms with Crippen LogP contribution in [0.25, 0.3) is 0 Å². The van der Waals surface area contributed by atoms with Crippen LogP contribution in [0.3, 0.4) is 0 Å². The first-order valence-electron chi connectivity index (χ1n) is 32.8. The standard InChI is InChI=1S/C67H98N2O22/c1-30-14-18-47(86-54-28-65(11,68)60(38(9)84-54)69-64(78)79-13)31(2)23-43-45(73)24-40(29-70)27-67(43)62(76)55(63(77)91-67)61(75)66(12)42(30)16-15-41-56(66)32(3)22-33(4)57(41)90-53-26-49(59(37(8)83-53)85-39(10)71)88-50-21-19-48(35(6)81-50)87-52-25-46(74)58(36(7)82-52)89-51-20-17-44(72)34(5)80-51/h14-16,23-24,29,32-38,41-54,56-60,72-75H,17-22,25-28,68H2,1-13H3,(H,69,78)/b30-14+,31-23-,61-55?/t32-,33+,34+,35-,36-,37-,38-,41+,42+,43-,44+,45-,46-,47?,48+,49?,50-,51-,52-,53-,54-,56-,57+,58-,59-,60-,65-,66+,67+/m0/s1. The molecule has 1 saturated carbocycles. The summed E-state index contributed by atoms with van der Waals surface area (Å²) in [6, 6.07) is -0.638. The number of amides is 1. The van der Waals surface area contributed by atoms with Gasteiger partial charge in [-0.25, -0.2) is 9.59 Å². The number of ketones is 1. The molecule has 7 N–H and O–H groups in total. The highest BCUT2D eigenvalue weighted by Crippen LogP contribution is 2.61. The molecular formula is C67H98N2O22. The van der Waals surface area contributed by atoms with Crippen LogP contribution >= 0.6 is 0 Å². The molecule has 10 rings (SSSR count). The van der Waals surface area contributed by atoms with Crippen LogP contribution < -0.4 is 11.1 Å². The number of hydrogen-bond acceptors (Lipinski definition) is 23. The fraction of sp³-hybridized carbons (Fsp3) is 0.776. The Balaban J connectivity index is 0.896. The van der Waals surface area contributed by atoms with Crippen molar-refractivity contribution in [3.63, 3.8) is 0 Å². The van der Waals surface area contributed by atoms with Crippen LogP contribution in [-0.2, 0) is 80.8 Å². The number of fused-ring (bicyclic) bond motifs is 4. The summed E-state index contributed by atoms with van der Waals surface area (Å²) < 4.78 is 82.0. The number of carbonyl (C=O) groups is 5. The minimum Gasteiger partial charge on any atom is -0.511 e. The molecule has 91 heavy (non-hydrogen) atoms. The maximum absolute atomic E-state index is 15.6. The predicted octanol–water partition coefficient (Wildman–Crippen LogP) is 6.04. The minimum atomic E-state index is -2.13. The summed E-state index contributed by atoms with van der Waals surface area (Å²) in [6.45, 7) is 22.0. The van der Waals surface area contributed by atoms with Crippen LogP contribution in [-0.4, -0.2) is 192 Å². The molecule has 6 heterocycles. The second kappa shape index (κ2) is 27.7. The number of alkyl carbamates (subject to hydrolysis) is 1.